The van der Waals surface area contributed by atoms with Crippen molar-refractivity contribution in [2.75, 3.05) is 13.1 Å². The Kier molecular flexibility index (Phi) is 4.54. The van der Waals surface area contributed by atoms with Gasteiger partial charge in [0.05, 0.1) is 6.07 Å². The van der Waals surface area contributed by atoms with E-state index < -0.39 is 0 Å². The van der Waals surface area contributed by atoms with Crippen molar-refractivity contribution in [1.82, 2.24) is 5.32 Å². The minimum atomic E-state index is 0.647. The van der Waals surface area contributed by atoms with Crippen LogP contribution in [-0.2, 0) is 6.42 Å². The maximum Gasteiger partial charge on any atom is 0.0622 e. The fraction of sp³-hybridized carbons (Fsp3) is 0.357. The molecule has 1 aromatic heterocycles. The number of thiophene rings is 1. The Bertz CT molecular complexity index is 510. The van der Waals surface area contributed by atoms with Gasteiger partial charge in [-0.2, -0.15) is 5.26 Å². The van der Waals surface area contributed by atoms with E-state index in [-0.39, 0.29) is 0 Å². The third kappa shape index (κ3) is 3.29. The van der Waals surface area contributed by atoms with E-state index in [4.69, 9.17) is 5.26 Å². The van der Waals surface area contributed by atoms with E-state index >= 15 is 0 Å². The third-order valence-corrected chi connectivity index (χ3v) is 3.79. The maximum atomic E-state index is 8.41. The Morgan fingerprint density at radius 1 is 1.24 bits per heavy atom. The molecule has 2 aromatic rings. The van der Waals surface area contributed by atoms with Gasteiger partial charge in [0.15, 0.2) is 0 Å². The lowest BCUT2D eigenvalue weighted by Crippen LogP contribution is -2.18. The number of hydrogen-bond donors (Lipinski definition) is 1. The average Bonchev–Trinajstić information content (AvgIpc) is 2.77. The van der Waals surface area contributed by atoms with Gasteiger partial charge in [0.1, 0.15) is 0 Å². The first-order valence-electron chi connectivity index (χ1n) is 5.94. The lowest BCUT2D eigenvalue weighted by atomic mass is 10.1. The second-order valence-electron chi connectivity index (χ2n) is 4.02. The van der Waals surface area contributed by atoms with Crippen LogP contribution in [0.4, 0.5) is 0 Å². The van der Waals surface area contributed by atoms with Crippen LogP contribution >= 0.6 is 11.3 Å². The van der Waals surface area contributed by atoms with Crippen molar-refractivity contribution in [3.63, 3.8) is 0 Å². The van der Waals surface area contributed by atoms with E-state index in [0.717, 1.165) is 25.9 Å². The largest absolute Gasteiger partial charge is 0.316 e. The predicted octanol–water partition coefficient (Wildman–Crippen LogP) is 3.34. The van der Waals surface area contributed by atoms with Crippen LogP contribution in [0.25, 0.3) is 10.1 Å². The summed E-state index contributed by atoms with van der Waals surface area (Å²) in [7, 11) is 0. The van der Waals surface area contributed by atoms with Crippen LogP contribution in [0.2, 0.25) is 0 Å². The maximum absolute atomic E-state index is 8.41. The van der Waals surface area contributed by atoms with E-state index in [9.17, 15) is 0 Å². The molecule has 0 fully saturated rings. The molecule has 0 aliphatic rings. The number of benzene rings is 1. The molecule has 2 nitrogen and oxygen atoms in total. The number of rotatable bonds is 6. The summed E-state index contributed by atoms with van der Waals surface area (Å²) in [5.74, 6) is 0. The van der Waals surface area contributed by atoms with Crippen molar-refractivity contribution in [1.29, 1.82) is 5.26 Å². The summed E-state index contributed by atoms with van der Waals surface area (Å²) in [6.07, 6.45) is 2.66. The van der Waals surface area contributed by atoms with Crippen LogP contribution in [-0.4, -0.2) is 13.1 Å². The minimum Gasteiger partial charge on any atom is -0.316 e. The number of nitriles is 1. The van der Waals surface area contributed by atoms with E-state index in [1.165, 1.54) is 15.6 Å². The van der Waals surface area contributed by atoms with Gasteiger partial charge >= 0.3 is 0 Å². The van der Waals surface area contributed by atoms with Crippen LogP contribution in [0.15, 0.2) is 29.6 Å². The molecule has 1 heterocycles. The van der Waals surface area contributed by atoms with E-state index in [0.29, 0.717) is 6.42 Å². The van der Waals surface area contributed by atoms with Crippen LogP contribution < -0.4 is 5.32 Å². The lowest BCUT2D eigenvalue weighted by molar-refractivity contribution is 0.656. The fourth-order valence-electron chi connectivity index (χ4n) is 1.87. The first-order chi connectivity index (χ1) is 8.42. The molecule has 0 saturated carbocycles. The third-order valence-electron chi connectivity index (χ3n) is 2.77. The number of unbranched alkanes of at least 4 members (excludes halogenated alkanes) is 1. The van der Waals surface area contributed by atoms with Gasteiger partial charge in [-0.3, -0.25) is 0 Å². The molecular formula is C14H16N2S. The van der Waals surface area contributed by atoms with Crippen molar-refractivity contribution in [3.8, 4) is 6.07 Å². The molecule has 2 rings (SSSR count). The molecule has 0 spiro atoms. The summed E-state index contributed by atoms with van der Waals surface area (Å²) < 4.78 is 1.37. The molecule has 0 amide bonds. The summed E-state index contributed by atoms with van der Waals surface area (Å²) in [4.78, 5) is 0. The Balaban J connectivity index is 1.81. The zero-order chi connectivity index (χ0) is 11.9. The van der Waals surface area contributed by atoms with Crippen molar-refractivity contribution in [3.05, 3.63) is 35.2 Å². The number of nitrogens with zero attached hydrogens (tertiary/aromatic N) is 1. The second-order valence-corrected chi connectivity index (χ2v) is 4.93. The lowest BCUT2D eigenvalue weighted by Gasteiger charge is -2.02. The standard InChI is InChI=1S/C14H16N2S/c15-8-3-4-9-16-10-7-12-11-17-14-6-2-1-5-13(12)14/h1-2,5-6,11,16H,3-4,7,9-10H2. The number of hydrogen-bond acceptors (Lipinski definition) is 3. The fourth-order valence-corrected chi connectivity index (χ4v) is 2.86. The van der Waals surface area contributed by atoms with Crippen LogP contribution in [0.1, 0.15) is 18.4 Å². The van der Waals surface area contributed by atoms with Gasteiger partial charge in [-0.25, -0.2) is 0 Å². The Morgan fingerprint density at radius 2 is 2.12 bits per heavy atom. The molecule has 0 bridgehead atoms. The number of fused-ring (bicyclic) bond motifs is 1. The van der Waals surface area contributed by atoms with Gasteiger partial charge in [-0.1, -0.05) is 18.2 Å². The number of nitrogens with one attached hydrogen (secondary N) is 1. The molecule has 1 N–H and O–H groups in total. The van der Waals surface area contributed by atoms with Crippen LogP contribution in [0, 0.1) is 11.3 Å². The highest BCUT2D eigenvalue weighted by atomic mass is 32.1. The SMILES string of the molecule is N#CCCCNCCc1csc2ccccc12. The Morgan fingerprint density at radius 3 is 3.00 bits per heavy atom. The Hall–Kier alpha value is -1.37. The van der Waals surface area contributed by atoms with Gasteiger partial charge in [-0.15, -0.1) is 11.3 Å². The molecule has 0 unspecified atom stereocenters. The Labute approximate surface area is 106 Å². The van der Waals surface area contributed by atoms with Crippen LogP contribution in [0.3, 0.4) is 0 Å². The normalized spacial score (nSPS) is 10.5. The molecule has 3 heteroatoms. The first-order valence-corrected chi connectivity index (χ1v) is 6.82. The van der Waals surface area contributed by atoms with Crippen LogP contribution in [0.5, 0.6) is 0 Å². The van der Waals surface area contributed by atoms with Gasteiger partial charge in [0.25, 0.3) is 0 Å². The topological polar surface area (TPSA) is 35.8 Å². The monoisotopic (exact) mass is 244 g/mol. The molecular weight excluding hydrogens is 228 g/mol. The van der Waals surface area contributed by atoms with Gasteiger partial charge < -0.3 is 5.32 Å². The highest BCUT2D eigenvalue weighted by Gasteiger charge is 2.02. The summed E-state index contributed by atoms with van der Waals surface area (Å²) in [5.41, 5.74) is 1.43. The molecule has 17 heavy (non-hydrogen) atoms. The second kappa shape index (κ2) is 6.39. The van der Waals surface area contributed by atoms with E-state index in [1.54, 1.807) is 0 Å². The van der Waals surface area contributed by atoms with E-state index in [1.807, 2.05) is 11.3 Å². The zero-order valence-corrected chi connectivity index (χ0v) is 10.6. The molecule has 0 saturated heterocycles. The predicted molar refractivity (Wildman–Crippen MR) is 73.2 cm³/mol. The van der Waals surface area contributed by atoms with Crippen molar-refractivity contribution < 1.29 is 0 Å². The van der Waals surface area contributed by atoms with E-state index in [2.05, 4.69) is 41.0 Å². The molecule has 88 valence electrons. The molecule has 0 atom stereocenters. The molecule has 1 aromatic carbocycles. The highest BCUT2D eigenvalue weighted by Crippen LogP contribution is 2.25. The highest BCUT2D eigenvalue weighted by molar-refractivity contribution is 7.17. The van der Waals surface area contributed by atoms with Crippen molar-refractivity contribution >= 4 is 21.4 Å². The van der Waals surface area contributed by atoms with Crippen molar-refractivity contribution in [2.24, 2.45) is 0 Å². The molecule has 0 aliphatic carbocycles. The van der Waals surface area contributed by atoms with Gasteiger partial charge in [0.2, 0.25) is 0 Å². The smallest absolute Gasteiger partial charge is 0.0622 e. The quantitative estimate of drug-likeness (QED) is 0.791. The first kappa shape index (κ1) is 12.1. The average molecular weight is 244 g/mol. The minimum absolute atomic E-state index is 0.647. The summed E-state index contributed by atoms with van der Waals surface area (Å²) >= 11 is 1.82. The van der Waals surface area contributed by atoms with Crippen molar-refractivity contribution in [2.45, 2.75) is 19.3 Å². The zero-order valence-electron chi connectivity index (χ0n) is 9.78. The van der Waals surface area contributed by atoms with Gasteiger partial charge in [0, 0.05) is 11.1 Å². The summed E-state index contributed by atoms with van der Waals surface area (Å²) in [6.45, 7) is 1.93. The molecule has 0 radical (unpaired) electrons. The summed E-state index contributed by atoms with van der Waals surface area (Å²) in [6, 6.07) is 10.7. The van der Waals surface area contributed by atoms with Gasteiger partial charge in [-0.05, 0) is 48.3 Å². The summed E-state index contributed by atoms with van der Waals surface area (Å²) in [5, 5.41) is 15.4. The molecule has 0 aliphatic heterocycles.